The van der Waals surface area contributed by atoms with E-state index in [1.54, 1.807) is 18.2 Å². The summed E-state index contributed by atoms with van der Waals surface area (Å²) in [5, 5.41) is 8.09. The summed E-state index contributed by atoms with van der Waals surface area (Å²) in [6.45, 7) is 0. The lowest BCUT2D eigenvalue weighted by Crippen LogP contribution is -2.23. The molecule has 0 saturated heterocycles. The Balaban J connectivity index is 1.71. The van der Waals surface area contributed by atoms with Crippen molar-refractivity contribution in [1.82, 2.24) is 20.2 Å². The maximum Gasteiger partial charge on any atom is 0.325 e. The van der Waals surface area contributed by atoms with E-state index in [1.807, 2.05) is 0 Å². The Morgan fingerprint density at radius 2 is 1.92 bits per heavy atom. The number of rotatable bonds is 4. The molecule has 0 bridgehead atoms. The molecule has 7 nitrogen and oxygen atoms in total. The third-order valence-corrected chi connectivity index (χ3v) is 4.56. The summed E-state index contributed by atoms with van der Waals surface area (Å²) in [7, 11) is 1.51. The first kappa shape index (κ1) is 16.2. The Bertz CT molecular complexity index is 1070. The fourth-order valence-corrected chi connectivity index (χ4v) is 3.17. The summed E-state index contributed by atoms with van der Waals surface area (Å²) >= 11 is 0. The van der Waals surface area contributed by atoms with E-state index in [-0.39, 0.29) is 23.2 Å². The molecule has 2 N–H and O–H groups in total. The highest BCUT2D eigenvalue weighted by molar-refractivity contribution is 5.59. The number of nitrogens with zero attached hydrogens (tertiary/aromatic N) is 2. The number of aromatic amines is 2. The van der Waals surface area contributed by atoms with Gasteiger partial charge in [0.05, 0.1) is 12.7 Å². The van der Waals surface area contributed by atoms with Crippen LogP contribution in [-0.4, -0.2) is 27.3 Å². The predicted molar refractivity (Wildman–Crippen MR) is 91.8 cm³/mol. The van der Waals surface area contributed by atoms with E-state index >= 15 is 0 Å². The molecule has 1 aliphatic carbocycles. The smallest absolute Gasteiger partial charge is 0.325 e. The van der Waals surface area contributed by atoms with Crippen LogP contribution in [0.3, 0.4) is 0 Å². The zero-order chi connectivity index (χ0) is 18.3. The highest BCUT2D eigenvalue weighted by atomic mass is 19.1. The van der Waals surface area contributed by atoms with Crippen molar-refractivity contribution < 1.29 is 9.13 Å². The van der Waals surface area contributed by atoms with Gasteiger partial charge in [0.1, 0.15) is 11.5 Å². The van der Waals surface area contributed by atoms with Gasteiger partial charge in [0.25, 0.3) is 5.56 Å². The largest absolute Gasteiger partial charge is 0.480 e. The summed E-state index contributed by atoms with van der Waals surface area (Å²) in [6, 6.07) is 8.18. The number of methoxy groups -OCH3 is 1. The monoisotopic (exact) mass is 354 g/mol. The van der Waals surface area contributed by atoms with E-state index in [0.717, 1.165) is 17.5 Å². The van der Waals surface area contributed by atoms with E-state index in [0.29, 0.717) is 11.6 Å². The van der Waals surface area contributed by atoms with E-state index < -0.39 is 11.2 Å². The van der Waals surface area contributed by atoms with E-state index in [9.17, 15) is 14.0 Å². The van der Waals surface area contributed by atoms with E-state index in [2.05, 4.69) is 20.2 Å². The van der Waals surface area contributed by atoms with Crippen LogP contribution in [0.1, 0.15) is 29.4 Å². The minimum absolute atomic E-state index is 0.145. The molecule has 0 aliphatic heterocycles. The quantitative estimate of drug-likeness (QED) is 0.746. The second-order valence-electron chi connectivity index (χ2n) is 6.18. The van der Waals surface area contributed by atoms with Crippen molar-refractivity contribution >= 4 is 0 Å². The highest BCUT2D eigenvalue weighted by Crippen LogP contribution is 2.56. The lowest BCUT2D eigenvalue weighted by atomic mass is 10.0. The Labute approximate surface area is 146 Å². The number of nitrogens with one attached hydrogen (secondary N) is 2. The minimum atomic E-state index is -0.584. The number of aromatic nitrogens is 4. The molecule has 1 aliphatic rings. The van der Waals surface area contributed by atoms with Gasteiger partial charge in [0.2, 0.25) is 5.88 Å². The van der Waals surface area contributed by atoms with Crippen LogP contribution in [0.4, 0.5) is 4.39 Å². The molecular formula is C18H15FN4O3. The van der Waals surface area contributed by atoms with Crippen molar-refractivity contribution in [2.75, 3.05) is 7.11 Å². The average Bonchev–Trinajstić information content (AvgIpc) is 3.42. The van der Waals surface area contributed by atoms with Gasteiger partial charge in [-0.25, -0.2) is 9.18 Å². The number of H-pyrrole nitrogens is 2. The molecule has 4 rings (SSSR count). The molecule has 26 heavy (non-hydrogen) atoms. The molecule has 132 valence electrons. The first-order valence-electron chi connectivity index (χ1n) is 8.06. The number of benzene rings is 1. The summed E-state index contributed by atoms with van der Waals surface area (Å²) in [5.41, 5.74) is 1.32. The lowest BCUT2D eigenvalue weighted by molar-refractivity contribution is 0.386. The van der Waals surface area contributed by atoms with Crippen LogP contribution in [0, 0.1) is 5.82 Å². The van der Waals surface area contributed by atoms with Crippen molar-refractivity contribution in [3.63, 3.8) is 0 Å². The topological polar surface area (TPSA) is 101 Å². The number of halogens is 1. The zero-order valence-corrected chi connectivity index (χ0v) is 13.8. The summed E-state index contributed by atoms with van der Waals surface area (Å²) < 4.78 is 18.4. The standard InChI is InChI=1S/C18H15FN4O3/c1-26-17-13(12-6-11(12)9-2-4-10(19)5-3-9)7-15(22-23-17)14-8-20-18(25)21-16(14)24/h2-5,7-8,11-12H,6H2,1H3,(H2,20,21,24,25). The summed E-state index contributed by atoms with van der Waals surface area (Å²) in [4.78, 5) is 27.8. The molecule has 1 saturated carbocycles. The molecule has 2 aromatic heterocycles. The molecule has 1 aromatic carbocycles. The van der Waals surface area contributed by atoms with Crippen LogP contribution in [0.2, 0.25) is 0 Å². The first-order chi connectivity index (χ1) is 12.6. The molecule has 2 heterocycles. The number of hydrogen-bond acceptors (Lipinski definition) is 5. The zero-order valence-electron chi connectivity index (χ0n) is 13.8. The fraction of sp³-hybridized carbons (Fsp3) is 0.222. The van der Waals surface area contributed by atoms with Crippen LogP contribution in [0.5, 0.6) is 5.88 Å². The van der Waals surface area contributed by atoms with Gasteiger partial charge >= 0.3 is 5.69 Å². The molecule has 2 atom stereocenters. The summed E-state index contributed by atoms with van der Waals surface area (Å²) in [5.74, 6) is 0.500. The molecule has 0 spiro atoms. The lowest BCUT2D eigenvalue weighted by Gasteiger charge is -2.08. The van der Waals surface area contributed by atoms with Gasteiger partial charge in [0, 0.05) is 11.8 Å². The van der Waals surface area contributed by atoms with Gasteiger partial charge < -0.3 is 9.72 Å². The Kier molecular flexibility index (Phi) is 3.87. The van der Waals surface area contributed by atoms with Crippen molar-refractivity contribution in [1.29, 1.82) is 0 Å². The number of ether oxygens (including phenoxy) is 1. The molecule has 3 aromatic rings. The van der Waals surface area contributed by atoms with Gasteiger partial charge in [-0.15, -0.1) is 10.2 Å². The maximum absolute atomic E-state index is 13.1. The normalized spacial score (nSPS) is 18.5. The van der Waals surface area contributed by atoms with Gasteiger partial charge in [-0.1, -0.05) is 12.1 Å². The van der Waals surface area contributed by atoms with Crippen molar-refractivity contribution in [3.05, 3.63) is 74.3 Å². The van der Waals surface area contributed by atoms with Crippen LogP contribution < -0.4 is 16.0 Å². The van der Waals surface area contributed by atoms with Gasteiger partial charge in [-0.2, -0.15) is 0 Å². The van der Waals surface area contributed by atoms with Crippen LogP contribution in [-0.2, 0) is 0 Å². The highest BCUT2D eigenvalue weighted by Gasteiger charge is 2.42. The SMILES string of the molecule is COc1nnc(-c2c[nH]c(=O)[nH]c2=O)cc1C1CC1c1ccc(F)cc1. The minimum Gasteiger partial charge on any atom is -0.480 e. The number of hydrogen-bond donors (Lipinski definition) is 2. The van der Waals surface area contributed by atoms with Crippen molar-refractivity contribution in [2.24, 2.45) is 0 Å². The van der Waals surface area contributed by atoms with Gasteiger partial charge in [0.15, 0.2) is 0 Å². The van der Waals surface area contributed by atoms with Gasteiger partial charge in [-0.3, -0.25) is 9.78 Å². The Morgan fingerprint density at radius 3 is 2.62 bits per heavy atom. The van der Waals surface area contributed by atoms with Crippen LogP contribution in [0.15, 0.2) is 46.1 Å². The van der Waals surface area contributed by atoms with Crippen molar-refractivity contribution in [2.45, 2.75) is 18.3 Å². The second-order valence-corrected chi connectivity index (χ2v) is 6.18. The molecule has 2 unspecified atom stereocenters. The Hall–Kier alpha value is -3.29. The molecule has 1 fully saturated rings. The van der Waals surface area contributed by atoms with Crippen molar-refractivity contribution in [3.8, 4) is 17.1 Å². The molecular weight excluding hydrogens is 339 g/mol. The fourth-order valence-electron chi connectivity index (χ4n) is 3.17. The molecule has 0 radical (unpaired) electrons. The third kappa shape index (κ3) is 2.90. The molecule has 8 heteroatoms. The first-order valence-corrected chi connectivity index (χ1v) is 8.06. The second kappa shape index (κ2) is 6.21. The van der Waals surface area contributed by atoms with Gasteiger partial charge in [-0.05, 0) is 42.0 Å². The average molecular weight is 354 g/mol. The molecule has 0 amide bonds. The summed E-state index contributed by atoms with van der Waals surface area (Å²) in [6.07, 6.45) is 2.18. The van der Waals surface area contributed by atoms with Crippen LogP contribution in [0.25, 0.3) is 11.3 Å². The maximum atomic E-state index is 13.1. The predicted octanol–water partition coefficient (Wildman–Crippen LogP) is 1.94. The van der Waals surface area contributed by atoms with Crippen LogP contribution >= 0.6 is 0 Å². The van der Waals surface area contributed by atoms with E-state index in [1.165, 1.54) is 25.4 Å². The van der Waals surface area contributed by atoms with E-state index in [4.69, 9.17) is 4.74 Å². The Morgan fingerprint density at radius 1 is 1.15 bits per heavy atom. The third-order valence-electron chi connectivity index (χ3n) is 4.56.